The summed E-state index contributed by atoms with van der Waals surface area (Å²) in [6, 6.07) is 29.2. The third kappa shape index (κ3) is 7.69. The molecule has 1 aromatic heterocycles. The van der Waals surface area contributed by atoms with Crippen LogP contribution in [0.1, 0.15) is 74.1 Å². The Labute approximate surface area is 238 Å². The monoisotopic (exact) mass is 536 g/mol. The summed E-state index contributed by atoms with van der Waals surface area (Å²) in [4.78, 5) is 28.7. The number of amides is 2. The number of benzene rings is 3. The first-order valence-corrected chi connectivity index (χ1v) is 14.1. The molecule has 0 aliphatic rings. The molecule has 0 saturated carbocycles. The van der Waals surface area contributed by atoms with E-state index in [2.05, 4.69) is 33.0 Å². The van der Waals surface area contributed by atoms with E-state index in [1.54, 1.807) is 9.58 Å². The van der Waals surface area contributed by atoms with Crippen molar-refractivity contribution in [3.63, 3.8) is 0 Å². The second kappa shape index (κ2) is 13.2. The van der Waals surface area contributed by atoms with Gasteiger partial charge in [0.15, 0.2) is 0 Å². The van der Waals surface area contributed by atoms with Crippen molar-refractivity contribution in [1.82, 2.24) is 14.7 Å². The lowest BCUT2D eigenvalue weighted by Gasteiger charge is -2.23. The zero-order valence-corrected chi connectivity index (χ0v) is 24.1. The van der Waals surface area contributed by atoms with Crippen molar-refractivity contribution in [2.24, 2.45) is 0 Å². The van der Waals surface area contributed by atoms with Crippen LogP contribution < -0.4 is 5.32 Å². The number of aromatic nitrogens is 2. The van der Waals surface area contributed by atoms with Crippen molar-refractivity contribution in [1.29, 1.82) is 0 Å². The molecule has 0 spiro atoms. The van der Waals surface area contributed by atoms with Crippen LogP contribution in [0.2, 0.25) is 0 Å². The second-order valence-corrected chi connectivity index (χ2v) is 11.3. The number of nitrogens with zero attached hydrogens (tertiary/aromatic N) is 3. The van der Waals surface area contributed by atoms with Gasteiger partial charge in [0.2, 0.25) is 5.91 Å². The fourth-order valence-corrected chi connectivity index (χ4v) is 4.54. The Bertz CT molecular complexity index is 1390. The third-order valence-electron chi connectivity index (χ3n) is 6.85. The minimum Gasteiger partial charge on any atom is -0.325 e. The van der Waals surface area contributed by atoms with Gasteiger partial charge in [-0.1, -0.05) is 101 Å². The van der Waals surface area contributed by atoms with Crippen molar-refractivity contribution in [3.8, 4) is 5.69 Å². The van der Waals surface area contributed by atoms with Crippen LogP contribution in [0.15, 0.2) is 91.0 Å². The molecule has 0 aliphatic carbocycles. The Kier molecular flexibility index (Phi) is 9.54. The van der Waals surface area contributed by atoms with Crippen LogP contribution in [0.5, 0.6) is 0 Å². The Morgan fingerprint density at radius 1 is 0.850 bits per heavy atom. The quantitative estimate of drug-likeness (QED) is 0.206. The van der Waals surface area contributed by atoms with Crippen molar-refractivity contribution in [2.45, 2.75) is 65.3 Å². The van der Waals surface area contributed by atoms with Crippen molar-refractivity contribution in [3.05, 3.63) is 113 Å². The van der Waals surface area contributed by atoms with Gasteiger partial charge in [0.1, 0.15) is 12.4 Å². The number of unbranched alkanes of at least 4 members (excludes halogenated alkanes) is 2. The molecule has 1 heterocycles. The summed E-state index contributed by atoms with van der Waals surface area (Å²) < 4.78 is 1.75. The van der Waals surface area contributed by atoms with E-state index in [0.717, 1.165) is 29.8 Å². The second-order valence-electron chi connectivity index (χ2n) is 11.3. The zero-order valence-electron chi connectivity index (χ0n) is 24.1. The molecule has 4 rings (SSSR count). The van der Waals surface area contributed by atoms with Gasteiger partial charge in [-0.15, -0.1) is 0 Å². The van der Waals surface area contributed by atoms with Gasteiger partial charge in [0.05, 0.1) is 11.4 Å². The van der Waals surface area contributed by atoms with E-state index in [4.69, 9.17) is 5.10 Å². The van der Waals surface area contributed by atoms with Gasteiger partial charge in [-0.3, -0.25) is 9.59 Å². The zero-order chi connectivity index (χ0) is 28.5. The lowest BCUT2D eigenvalue weighted by atomic mass is 9.92. The molecule has 6 nitrogen and oxygen atoms in total. The van der Waals surface area contributed by atoms with E-state index in [1.165, 1.54) is 18.4 Å². The number of hydrogen-bond acceptors (Lipinski definition) is 3. The fourth-order valence-electron chi connectivity index (χ4n) is 4.54. The molecule has 0 radical (unpaired) electrons. The molecular formula is C34H40N4O2. The molecule has 6 heteroatoms. The number of rotatable bonds is 11. The molecule has 0 atom stereocenters. The number of aryl methyl sites for hydroxylation is 1. The van der Waals surface area contributed by atoms with E-state index < -0.39 is 0 Å². The van der Waals surface area contributed by atoms with Crippen LogP contribution in [0.4, 0.5) is 5.82 Å². The van der Waals surface area contributed by atoms with Crippen molar-refractivity contribution in [2.75, 3.05) is 11.9 Å². The van der Waals surface area contributed by atoms with Crippen LogP contribution >= 0.6 is 0 Å². The molecule has 0 saturated heterocycles. The highest BCUT2D eigenvalue weighted by Gasteiger charge is 2.24. The molecule has 4 aromatic rings. The lowest BCUT2D eigenvalue weighted by molar-refractivity contribution is -0.117. The summed E-state index contributed by atoms with van der Waals surface area (Å²) in [5.41, 5.74) is 4.28. The first-order valence-electron chi connectivity index (χ1n) is 14.1. The van der Waals surface area contributed by atoms with E-state index in [0.29, 0.717) is 17.9 Å². The van der Waals surface area contributed by atoms with Gasteiger partial charge in [-0.25, -0.2) is 4.68 Å². The average molecular weight is 537 g/mol. The van der Waals surface area contributed by atoms with E-state index >= 15 is 0 Å². The molecular weight excluding hydrogens is 496 g/mol. The molecule has 0 unspecified atom stereocenters. The summed E-state index contributed by atoms with van der Waals surface area (Å²) in [6.07, 6.45) is 4.52. The van der Waals surface area contributed by atoms with Gasteiger partial charge in [0, 0.05) is 23.6 Å². The smallest absolute Gasteiger partial charge is 0.254 e. The minimum atomic E-state index is -0.280. The maximum absolute atomic E-state index is 13.7. The molecule has 0 aliphatic heterocycles. The highest BCUT2D eigenvalue weighted by atomic mass is 16.2. The number of nitrogens with one attached hydrogen (secondary N) is 1. The summed E-state index contributed by atoms with van der Waals surface area (Å²) in [7, 11) is 0. The van der Waals surface area contributed by atoms with Crippen molar-refractivity contribution >= 4 is 17.6 Å². The summed E-state index contributed by atoms with van der Waals surface area (Å²) in [5.74, 6) is 0.119. The van der Waals surface area contributed by atoms with Gasteiger partial charge >= 0.3 is 0 Å². The molecule has 2 amide bonds. The highest BCUT2D eigenvalue weighted by Crippen LogP contribution is 2.26. The number of anilines is 1. The first-order chi connectivity index (χ1) is 19.2. The van der Waals surface area contributed by atoms with Crippen LogP contribution in [0, 0.1) is 0 Å². The number of hydrogen-bond donors (Lipinski definition) is 1. The van der Waals surface area contributed by atoms with E-state index in [-0.39, 0.29) is 23.8 Å². The normalized spacial score (nSPS) is 11.3. The number of carbonyl (C=O) groups excluding carboxylic acids is 2. The molecule has 0 bridgehead atoms. The van der Waals surface area contributed by atoms with Crippen LogP contribution in [0.25, 0.3) is 5.69 Å². The van der Waals surface area contributed by atoms with Crippen molar-refractivity contribution < 1.29 is 9.59 Å². The number of para-hydroxylation sites is 1. The van der Waals surface area contributed by atoms with Gasteiger partial charge in [-0.2, -0.15) is 5.10 Å². The molecule has 0 fully saturated rings. The lowest BCUT2D eigenvalue weighted by Crippen LogP contribution is -2.37. The largest absolute Gasteiger partial charge is 0.325 e. The SMILES string of the molecule is CCCCCc1ccc(C(=O)N(CC(=O)Nc2cc(C(C)(C)C)nn2-c2ccccc2)Cc2ccccc2)cc1. The van der Waals surface area contributed by atoms with Gasteiger partial charge in [-0.05, 0) is 48.2 Å². The molecule has 3 aromatic carbocycles. The Morgan fingerprint density at radius 2 is 1.50 bits per heavy atom. The Balaban J connectivity index is 1.56. The predicted octanol–water partition coefficient (Wildman–Crippen LogP) is 7.18. The van der Waals surface area contributed by atoms with Gasteiger partial charge in [0.25, 0.3) is 5.91 Å². The van der Waals surface area contributed by atoms with E-state index in [1.807, 2.05) is 91.0 Å². The Morgan fingerprint density at radius 3 is 2.12 bits per heavy atom. The summed E-state index contributed by atoms with van der Waals surface area (Å²) in [5, 5.41) is 7.82. The standard InChI is InChI=1S/C34H40N4O2/c1-5-6-9-14-26-19-21-28(22-20-26)33(40)37(24-27-15-10-7-11-16-27)25-32(39)35-31-23-30(34(2,3)4)36-38(31)29-17-12-8-13-18-29/h7-8,10-13,15-23H,5-6,9,14,24-25H2,1-4H3,(H,35,39). The molecule has 208 valence electrons. The highest BCUT2D eigenvalue weighted by molar-refractivity contribution is 5.99. The summed E-state index contributed by atoms with van der Waals surface area (Å²) >= 11 is 0. The number of carbonyl (C=O) groups is 2. The topological polar surface area (TPSA) is 67.2 Å². The minimum absolute atomic E-state index is 0.0865. The van der Waals surface area contributed by atoms with Gasteiger partial charge < -0.3 is 10.2 Å². The van der Waals surface area contributed by atoms with Crippen LogP contribution in [-0.4, -0.2) is 33.0 Å². The first kappa shape index (κ1) is 28.8. The maximum atomic E-state index is 13.7. The summed E-state index contributed by atoms with van der Waals surface area (Å²) in [6.45, 7) is 8.70. The fraction of sp³-hybridized carbons (Fsp3) is 0.324. The maximum Gasteiger partial charge on any atom is 0.254 e. The average Bonchev–Trinajstić information content (AvgIpc) is 3.38. The third-order valence-corrected chi connectivity index (χ3v) is 6.85. The van der Waals surface area contributed by atoms with Crippen LogP contribution in [0.3, 0.4) is 0 Å². The van der Waals surface area contributed by atoms with E-state index in [9.17, 15) is 9.59 Å². The predicted molar refractivity (Wildman–Crippen MR) is 162 cm³/mol. The Hall–Kier alpha value is -4.19. The molecule has 1 N–H and O–H groups in total. The van der Waals surface area contributed by atoms with Crippen LogP contribution in [-0.2, 0) is 23.2 Å². The molecule has 40 heavy (non-hydrogen) atoms.